The molecule has 3 aliphatic rings. The topological polar surface area (TPSA) is 0 Å². The minimum atomic E-state index is 0.690. The summed E-state index contributed by atoms with van der Waals surface area (Å²) >= 11 is 0. The van der Waals surface area contributed by atoms with Crippen LogP contribution in [0.4, 0.5) is 0 Å². The van der Waals surface area contributed by atoms with Crippen molar-refractivity contribution in [2.24, 2.45) is 40.4 Å². The lowest BCUT2D eigenvalue weighted by Gasteiger charge is -2.77. The van der Waals surface area contributed by atoms with Gasteiger partial charge < -0.3 is 0 Å². The van der Waals surface area contributed by atoms with E-state index in [0.29, 0.717) is 5.41 Å². The normalized spacial score (nSPS) is 66.6. The fourth-order valence-electron chi connectivity index (χ4n) is 6.10. The Bertz CT molecular complexity index is 294. The van der Waals surface area contributed by atoms with E-state index in [1.54, 1.807) is 6.42 Å². The number of hydrogen-bond acceptors (Lipinski definition) is 0. The van der Waals surface area contributed by atoms with Crippen LogP contribution in [0.2, 0.25) is 0 Å². The average molecular weight is 206 g/mol. The minimum Gasteiger partial charge on any atom is -0.0651 e. The number of rotatable bonds is 1. The summed E-state index contributed by atoms with van der Waals surface area (Å²) in [4.78, 5) is 0. The van der Waals surface area contributed by atoms with E-state index in [-0.39, 0.29) is 0 Å². The van der Waals surface area contributed by atoms with Gasteiger partial charge in [-0.2, -0.15) is 0 Å². The van der Waals surface area contributed by atoms with Crippen molar-refractivity contribution in [1.29, 1.82) is 0 Å². The summed E-state index contributed by atoms with van der Waals surface area (Å²) < 4.78 is 0. The molecule has 0 spiro atoms. The Kier molecular flexibility index (Phi) is 1.78. The minimum absolute atomic E-state index is 0.690. The highest BCUT2D eigenvalue weighted by Gasteiger charge is 2.77. The second-order valence-electron chi connectivity index (χ2n) is 7.12. The number of fused-ring (bicyclic) bond motifs is 4. The van der Waals surface area contributed by atoms with Crippen LogP contribution in [0.3, 0.4) is 0 Å². The molecule has 7 atom stereocenters. The van der Waals surface area contributed by atoms with Gasteiger partial charge in [0.1, 0.15) is 0 Å². The van der Waals surface area contributed by atoms with Crippen molar-refractivity contribution in [1.82, 2.24) is 0 Å². The molecule has 3 aliphatic carbocycles. The quantitative estimate of drug-likeness (QED) is 0.598. The van der Waals surface area contributed by atoms with Gasteiger partial charge in [-0.25, -0.2) is 0 Å². The summed E-state index contributed by atoms with van der Waals surface area (Å²) in [5.74, 6) is 5.14. The highest BCUT2D eigenvalue weighted by Crippen LogP contribution is 2.83. The molecule has 0 N–H and O–H groups in total. The predicted molar refractivity (Wildman–Crippen MR) is 64.5 cm³/mol. The van der Waals surface area contributed by atoms with E-state index in [0.717, 1.165) is 35.0 Å². The third-order valence-corrected chi connectivity index (χ3v) is 7.49. The van der Waals surface area contributed by atoms with Gasteiger partial charge in [-0.05, 0) is 53.3 Å². The number of hydrogen-bond donors (Lipinski definition) is 0. The second kappa shape index (κ2) is 2.63. The molecule has 0 aromatic heterocycles. The maximum absolute atomic E-state index is 2.62. The van der Waals surface area contributed by atoms with Crippen molar-refractivity contribution >= 4 is 0 Å². The first-order valence-corrected chi connectivity index (χ1v) is 6.97. The molecule has 3 rings (SSSR count). The molecule has 0 aromatic rings. The second-order valence-corrected chi connectivity index (χ2v) is 7.12. The largest absolute Gasteiger partial charge is 0.0651 e. The van der Waals surface area contributed by atoms with E-state index in [1.165, 1.54) is 12.8 Å². The van der Waals surface area contributed by atoms with E-state index in [1.807, 2.05) is 0 Å². The molecule has 15 heavy (non-hydrogen) atoms. The average Bonchev–Trinajstić information content (AvgIpc) is 2.41. The first-order chi connectivity index (χ1) is 6.97. The summed E-state index contributed by atoms with van der Waals surface area (Å²) in [6, 6.07) is 0. The molecule has 0 heteroatoms. The van der Waals surface area contributed by atoms with E-state index in [9.17, 15) is 0 Å². The van der Waals surface area contributed by atoms with Gasteiger partial charge >= 0.3 is 0 Å². The van der Waals surface area contributed by atoms with Crippen molar-refractivity contribution in [3.05, 3.63) is 0 Å². The van der Waals surface area contributed by atoms with Crippen LogP contribution >= 0.6 is 0 Å². The van der Waals surface area contributed by atoms with Gasteiger partial charge in [-0.3, -0.25) is 0 Å². The lowest BCUT2D eigenvalue weighted by molar-refractivity contribution is -0.295. The van der Waals surface area contributed by atoms with Gasteiger partial charge in [0, 0.05) is 0 Å². The monoisotopic (exact) mass is 206 g/mol. The van der Waals surface area contributed by atoms with E-state index in [2.05, 4.69) is 34.6 Å². The molecule has 0 amide bonds. The van der Waals surface area contributed by atoms with Crippen molar-refractivity contribution in [3.8, 4) is 0 Å². The summed E-state index contributed by atoms with van der Waals surface area (Å²) in [6.45, 7) is 12.6. The Morgan fingerprint density at radius 3 is 2.20 bits per heavy atom. The first kappa shape index (κ1) is 10.2. The van der Waals surface area contributed by atoms with Gasteiger partial charge in [0.15, 0.2) is 0 Å². The standard InChI is InChI=1S/C15H26/c1-6-11-8-13-12-7-9(2)10(3)14(12,4)15(11,13)5/h9-13H,6-8H2,1-5H3. The van der Waals surface area contributed by atoms with Crippen LogP contribution in [-0.2, 0) is 0 Å². The molecule has 0 nitrogen and oxygen atoms in total. The maximum Gasteiger partial charge on any atom is -0.0207 e. The third-order valence-electron chi connectivity index (χ3n) is 7.49. The molecule has 3 fully saturated rings. The van der Waals surface area contributed by atoms with Crippen molar-refractivity contribution < 1.29 is 0 Å². The van der Waals surface area contributed by atoms with Crippen LogP contribution in [-0.4, -0.2) is 0 Å². The van der Waals surface area contributed by atoms with Gasteiger partial charge in [-0.15, -0.1) is 0 Å². The lowest BCUT2D eigenvalue weighted by Crippen LogP contribution is -2.72. The van der Waals surface area contributed by atoms with Crippen LogP contribution in [0.1, 0.15) is 53.9 Å². The fourth-order valence-corrected chi connectivity index (χ4v) is 6.10. The van der Waals surface area contributed by atoms with Gasteiger partial charge in [0.25, 0.3) is 0 Å². The Hall–Kier alpha value is 0. The fraction of sp³-hybridized carbons (Fsp3) is 1.00. The molecule has 0 saturated heterocycles. The molecular weight excluding hydrogens is 180 g/mol. The zero-order valence-corrected chi connectivity index (χ0v) is 11.0. The van der Waals surface area contributed by atoms with E-state index in [4.69, 9.17) is 0 Å². The zero-order valence-electron chi connectivity index (χ0n) is 11.0. The summed E-state index contributed by atoms with van der Waals surface area (Å²) in [5.41, 5.74) is 1.41. The van der Waals surface area contributed by atoms with Crippen LogP contribution in [0.5, 0.6) is 0 Å². The predicted octanol–water partition coefficient (Wildman–Crippen LogP) is 4.35. The molecule has 7 unspecified atom stereocenters. The van der Waals surface area contributed by atoms with Crippen LogP contribution < -0.4 is 0 Å². The molecular formula is C15H26. The van der Waals surface area contributed by atoms with Gasteiger partial charge in [0.05, 0.1) is 0 Å². The Labute approximate surface area is 94.8 Å². The van der Waals surface area contributed by atoms with Crippen LogP contribution in [0, 0.1) is 40.4 Å². The van der Waals surface area contributed by atoms with Gasteiger partial charge in [-0.1, -0.05) is 41.0 Å². The van der Waals surface area contributed by atoms with E-state index < -0.39 is 0 Å². The highest BCUT2D eigenvalue weighted by molar-refractivity contribution is 5.25. The summed E-state index contributed by atoms with van der Waals surface area (Å²) in [5, 5.41) is 0. The SMILES string of the molecule is CCC1CC2C3CC(C)C(C)C3(C)C12C. The van der Waals surface area contributed by atoms with Crippen LogP contribution in [0.25, 0.3) is 0 Å². The molecule has 0 radical (unpaired) electrons. The van der Waals surface area contributed by atoms with Crippen molar-refractivity contribution in [2.45, 2.75) is 53.9 Å². The van der Waals surface area contributed by atoms with E-state index >= 15 is 0 Å². The maximum atomic E-state index is 2.62. The molecule has 3 saturated carbocycles. The molecule has 0 aromatic carbocycles. The first-order valence-electron chi connectivity index (χ1n) is 6.97. The summed E-state index contributed by atoms with van der Waals surface area (Å²) in [7, 11) is 0. The smallest absolute Gasteiger partial charge is 0.0207 e. The lowest BCUT2D eigenvalue weighted by atomic mass is 9.27. The molecule has 0 aliphatic heterocycles. The Morgan fingerprint density at radius 1 is 1.00 bits per heavy atom. The molecule has 0 heterocycles. The third kappa shape index (κ3) is 0.775. The van der Waals surface area contributed by atoms with Crippen molar-refractivity contribution in [3.63, 3.8) is 0 Å². The Balaban J connectivity index is 1.96. The molecule has 86 valence electrons. The van der Waals surface area contributed by atoms with Gasteiger partial charge in [0.2, 0.25) is 0 Å². The zero-order chi connectivity index (χ0) is 11.0. The molecule has 0 bridgehead atoms. The Morgan fingerprint density at radius 2 is 1.60 bits per heavy atom. The summed E-state index contributed by atoms with van der Waals surface area (Å²) in [6.07, 6.45) is 4.48. The van der Waals surface area contributed by atoms with Crippen LogP contribution in [0.15, 0.2) is 0 Å². The highest BCUT2D eigenvalue weighted by atomic mass is 14.8. The van der Waals surface area contributed by atoms with Crippen molar-refractivity contribution in [2.75, 3.05) is 0 Å².